The van der Waals surface area contributed by atoms with Gasteiger partial charge in [0.2, 0.25) is 0 Å². The van der Waals surface area contributed by atoms with Crippen LogP contribution in [0, 0.1) is 0 Å². The van der Waals surface area contributed by atoms with E-state index >= 15 is 0 Å². The molecule has 0 radical (unpaired) electrons. The Balaban J connectivity index is 2.94. The zero-order valence-electron chi connectivity index (χ0n) is 9.04. The highest BCUT2D eigenvalue weighted by molar-refractivity contribution is 6.09. The largest absolute Gasteiger partial charge is 0.461 e. The van der Waals surface area contributed by atoms with Crippen molar-refractivity contribution in [2.24, 2.45) is 0 Å². The zero-order chi connectivity index (χ0) is 11.3. The predicted octanol–water partition coefficient (Wildman–Crippen LogP) is 0.201. The first-order chi connectivity index (χ1) is 7.15. The minimum absolute atomic E-state index is 0.332. The van der Waals surface area contributed by atoms with Gasteiger partial charge in [-0.05, 0) is 6.92 Å². The van der Waals surface area contributed by atoms with Gasteiger partial charge in [-0.2, -0.15) is 5.10 Å². The summed E-state index contributed by atoms with van der Waals surface area (Å²) in [6.07, 6.45) is 4.45. The third-order valence-electron chi connectivity index (χ3n) is 1.53. The predicted molar refractivity (Wildman–Crippen MR) is 54.6 cm³/mol. The maximum atomic E-state index is 11.6. The zero-order valence-corrected chi connectivity index (χ0v) is 9.04. The Kier molecular flexibility index (Phi) is 3.84. The first-order valence-corrected chi connectivity index (χ1v) is 4.55. The Morgan fingerprint density at radius 2 is 2.33 bits per heavy atom. The highest BCUT2D eigenvalue weighted by atomic mass is 16.5. The van der Waals surface area contributed by atoms with Crippen molar-refractivity contribution in [3.63, 3.8) is 0 Å². The van der Waals surface area contributed by atoms with Crippen molar-refractivity contribution in [1.29, 1.82) is 0 Å². The Morgan fingerprint density at radius 3 is 2.80 bits per heavy atom. The maximum Gasteiger partial charge on any atom is 0.358 e. The fourth-order valence-corrected chi connectivity index (χ4v) is 0.988. The van der Waals surface area contributed by atoms with E-state index in [9.17, 15) is 4.79 Å². The number of carbonyl (C=O) groups excluding carboxylic acids is 1. The van der Waals surface area contributed by atoms with Crippen LogP contribution in [0.1, 0.15) is 6.92 Å². The van der Waals surface area contributed by atoms with Crippen LogP contribution in [-0.4, -0.2) is 46.3 Å². The topological polar surface area (TPSA) is 60.2 Å². The number of esters is 1. The fourth-order valence-electron chi connectivity index (χ4n) is 0.988. The second-order valence-electron chi connectivity index (χ2n) is 3.04. The van der Waals surface area contributed by atoms with Gasteiger partial charge in [-0.15, -0.1) is 0 Å². The summed E-state index contributed by atoms with van der Waals surface area (Å²) >= 11 is 0. The lowest BCUT2D eigenvalue weighted by Gasteiger charge is -2.10. The molecule has 0 atom stereocenters. The highest BCUT2D eigenvalue weighted by Gasteiger charge is 2.13. The molecule has 15 heavy (non-hydrogen) atoms. The lowest BCUT2D eigenvalue weighted by atomic mass is 10.4. The number of rotatable bonds is 4. The summed E-state index contributed by atoms with van der Waals surface area (Å²) in [6, 6.07) is 0. The van der Waals surface area contributed by atoms with E-state index in [4.69, 9.17) is 4.74 Å². The first-order valence-electron chi connectivity index (χ1n) is 4.55. The summed E-state index contributed by atoms with van der Waals surface area (Å²) in [5.41, 5.74) is 0.333. The van der Waals surface area contributed by atoms with E-state index in [1.54, 1.807) is 18.0 Å². The van der Waals surface area contributed by atoms with Gasteiger partial charge >= 0.3 is 5.97 Å². The maximum absolute atomic E-state index is 11.6. The van der Waals surface area contributed by atoms with Gasteiger partial charge in [0.05, 0.1) is 6.61 Å². The van der Waals surface area contributed by atoms with Crippen molar-refractivity contribution in [3.8, 4) is 0 Å². The molecule has 1 heterocycles. The van der Waals surface area contributed by atoms with Crippen LogP contribution in [0.3, 0.4) is 0 Å². The molecule has 0 aromatic carbocycles. The van der Waals surface area contributed by atoms with E-state index in [0.29, 0.717) is 12.3 Å². The SMILES string of the molecule is CCOC(=O)C(=CN(C)C)n1cncn1. The molecule has 0 saturated carbocycles. The Morgan fingerprint density at radius 1 is 1.60 bits per heavy atom. The average molecular weight is 210 g/mol. The molecule has 6 nitrogen and oxygen atoms in total. The van der Waals surface area contributed by atoms with E-state index in [-0.39, 0.29) is 0 Å². The minimum atomic E-state index is -0.420. The van der Waals surface area contributed by atoms with Crippen LogP contribution in [0.15, 0.2) is 18.9 Å². The van der Waals surface area contributed by atoms with Crippen molar-refractivity contribution in [2.45, 2.75) is 6.92 Å². The molecule has 0 aliphatic heterocycles. The Bertz CT molecular complexity index is 343. The number of hydrogen-bond acceptors (Lipinski definition) is 5. The van der Waals surface area contributed by atoms with Crippen LogP contribution in [-0.2, 0) is 9.53 Å². The van der Waals surface area contributed by atoms with E-state index in [2.05, 4.69) is 10.1 Å². The third kappa shape index (κ3) is 3.08. The summed E-state index contributed by atoms with van der Waals surface area (Å²) in [7, 11) is 3.63. The van der Waals surface area contributed by atoms with Crippen LogP contribution in [0.25, 0.3) is 5.70 Å². The first kappa shape index (κ1) is 11.2. The van der Waals surface area contributed by atoms with Gasteiger partial charge in [0, 0.05) is 20.3 Å². The van der Waals surface area contributed by atoms with Crippen molar-refractivity contribution in [1.82, 2.24) is 19.7 Å². The molecule has 0 unspecified atom stereocenters. The molecular weight excluding hydrogens is 196 g/mol. The highest BCUT2D eigenvalue weighted by Crippen LogP contribution is 2.05. The number of ether oxygens (including phenoxy) is 1. The van der Waals surface area contributed by atoms with Crippen LogP contribution in [0.2, 0.25) is 0 Å². The van der Waals surface area contributed by atoms with Gasteiger partial charge in [0.1, 0.15) is 12.7 Å². The van der Waals surface area contributed by atoms with Crippen molar-refractivity contribution < 1.29 is 9.53 Å². The average Bonchev–Trinajstić information content (AvgIpc) is 2.66. The summed E-state index contributed by atoms with van der Waals surface area (Å²) in [4.78, 5) is 17.1. The van der Waals surface area contributed by atoms with Crippen molar-refractivity contribution >= 4 is 11.7 Å². The smallest absolute Gasteiger partial charge is 0.358 e. The number of aromatic nitrogens is 3. The van der Waals surface area contributed by atoms with E-state index in [0.717, 1.165) is 0 Å². The molecule has 1 rings (SSSR count). The van der Waals surface area contributed by atoms with Gasteiger partial charge in [-0.25, -0.2) is 14.5 Å². The van der Waals surface area contributed by atoms with Crippen LogP contribution in [0.5, 0.6) is 0 Å². The number of carbonyl (C=O) groups is 1. The number of hydrogen-bond donors (Lipinski definition) is 0. The molecule has 0 saturated heterocycles. The summed E-state index contributed by atoms with van der Waals surface area (Å²) in [5.74, 6) is -0.420. The molecule has 0 bridgehead atoms. The van der Waals surface area contributed by atoms with E-state index in [1.165, 1.54) is 17.3 Å². The van der Waals surface area contributed by atoms with Gasteiger partial charge in [-0.3, -0.25) is 0 Å². The molecule has 1 aromatic heterocycles. The molecule has 0 fully saturated rings. The van der Waals surface area contributed by atoms with Crippen LogP contribution >= 0.6 is 0 Å². The third-order valence-corrected chi connectivity index (χ3v) is 1.53. The normalized spacial score (nSPS) is 11.3. The molecule has 0 aliphatic carbocycles. The monoisotopic (exact) mass is 210 g/mol. The molecule has 0 N–H and O–H groups in total. The van der Waals surface area contributed by atoms with Crippen LogP contribution in [0.4, 0.5) is 0 Å². The van der Waals surface area contributed by atoms with Crippen molar-refractivity contribution in [2.75, 3.05) is 20.7 Å². The van der Waals surface area contributed by atoms with Gasteiger partial charge < -0.3 is 9.64 Å². The molecule has 0 amide bonds. The summed E-state index contributed by atoms with van der Waals surface area (Å²) in [6.45, 7) is 2.09. The molecule has 0 aliphatic rings. The molecule has 6 heteroatoms. The summed E-state index contributed by atoms with van der Waals surface area (Å²) in [5, 5.41) is 3.88. The fraction of sp³-hybridized carbons (Fsp3) is 0.444. The van der Waals surface area contributed by atoms with Crippen molar-refractivity contribution in [3.05, 3.63) is 18.9 Å². The van der Waals surface area contributed by atoms with Gasteiger partial charge in [0.15, 0.2) is 5.70 Å². The lowest BCUT2D eigenvalue weighted by molar-refractivity contribution is -0.136. The standard InChI is InChI=1S/C9H14N4O2/c1-4-15-9(14)8(5-12(2)3)13-7-10-6-11-13/h5-7H,4H2,1-3H3. The number of nitrogens with zero attached hydrogens (tertiary/aromatic N) is 4. The van der Waals surface area contributed by atoms with Crippen LogP contribution < -0.4 is 0 Å². The molecule has 1 aromatic rings. The lowest BCUT2D eigenvalue weighted by Crippen LogP contribution is -2.16. The molecule has 82 valence electrons. The Labute approximate surface area is 88.2 Å². The minimum Gasteiger partial charge on any atom is -0.461 e. The van der Waals surface area contributed by atoms with Gasteiger partial charge in [0.25, 0.3) is 0 Å². The summed E-state index contributed by atoms with van der Waals surface area (Å²) < 4.78 is 6.28. The quantitative estimate of drug-likeness (QED) is 0.525. The molecular formula is C9H14N4O2. The van der Waals surface area contributed by atoms with E-state index in [1.807, 2.05) is 14.1 Å². The van der Waals surface area contributed by atoms with Gasteiger partial charge in [-0.1, -0.05) is 0 Å². The second-order valence-corrected chi connectivity index (χ2v) is 3.04. The molecule has 0 spiro atoms. The second kappa shape index (κ2) is 5.14. The Hall–Kier alpha value is -1.85. The van der Waals surface area contributed by atoms with E-state index < -0.39 is 5.97 Å².